The SMILES string of the molecule is CC1(C)CCN(CCCCC(=O)O)C1. The summed E-state index contributed by atoms with van der Waals surface area (Å²) in [5, 5.41) is 8.47. The van der Waals surface area contributed by atoms with Gasteiger partial charge in [0.1, 0.15) is 0 Å². The highest BCUT2D eigenvalue weighted by Gasteiger charge is 2.28. The molecule has 0 aromatic carbocycles. The monoisotopic (exact) mass is 199 g/mol. The van der Waals surface area contributed by atoms with Crippen LogP contribution in [0.15, 0.2) is 0 Å². The third-order valence-electron chi connectivity index (χ3n) is 2.87. The number of hydrogen-bond acceptors (Lipinski definition) is 2. The van der Waals surface area contributed by atoms with Crippen LogP contribution in [0.5, 0.6) is 0 Å². The van der Waals surface area contributed by atoms with Crippen molar-refractivity contribution in [3.63, 3.8) is 0 Å². The van der Waals surface area contributed by atoms with Crippen LogP contribution in [0, 0.1) is 5.41 Å². The number of carbonyl (C=O) groups is 1. The minimum atomic E-state index is -0.674. The number of nitrogens with zero attached hydrogens (tertiary/aromatic N) is 1. The zero-order valence-electron chi connectivity index (χ0n) is 9.25. The van der Waals surface area contributed by atoms with Gasteiger partial charge < -0.3 is 10.0 Å². The molecule has 14 heavy (non-hydrogen) atoms. The molecular formula is C11H21NO2. The molecule has 1 saturated heterocycles. The fraction of sp³-hybridized carbons (Fsp3) is 0.909. The molecule has 3 nitrogen and oxygen atoms in total. The lowest BCUT2D eigenvalue weighted by Crippen LogP contribution is -2.24. The molecule has 82 valence electrons. The Morgan fingerprint density at radius 3 is 2.64 bits per heavy atom. The van der Waals surface area contributed by atoms with Gasteiger partial charge in [-0.05, 0) is 37.8 Å². The minimum absolute atomic E-state index is 0.317. The van der Waals surface area contributed by atoms with E-state index in [1.807, 2.05) is 0 Å². The molecule has 1 N–H and O–H groups in total. The number of carboxylic acid groups (broad SMARTS) is 1. The summed E-state index contributed by atoms with van der Waals surface area (Å²) in [7, 11) is 0. The van der Waals surface area contributed by atoms with Crippen molar-refractivity contribution < 1.29 is 9.90 Å². The normalized spacial score (nSPS) is 21.3. The second-order valence-corrected chi connectivity index (χ2v) is 5.04. The molecule has 0 aromatic heterocycles. The maximum Gasteiger partial charge on any atom is 0.303 e. The first-order valence-corrected chi connectivity index (χ1v) is 5.44. The predicted molar refractivity (Wildman–Crippen MR) is 56.3 cm³/mol. The zero-order valence-corrected chi connectivity index (χ0v) is 9.25. The van der Waals surface area contributed by atoms with Crippen LogP contribution < -0.4 is 0 Å². The predicted octanol–water partition coefficient (Wildman–Crippen LogP) is 1.97. The molecular weight excluding hydrogens is 178 g/mol. The zero-order chi connectivity index (χ0) is 10.6. The second kappa shape index (κ2) is 4.78. The van der Waals surface area contributed by atoms with Crippen molar-refractivity contribution in [3.05, 3.63) is 0 Å². The van der Waals surface area contributed by atoms with E-state index in [0.29, 0.717) is 11.8 Å². The van der Waals surface area contributed by atoms with Gasteiger partial charge in [-0.15, -0.1) is 0 Å². The van der Waals surface area contributed by atoms with Crippen LogP contribution in [0.4, 0.5) is 0 Å². The molecule has 3 heteroatoms. The minimum Gasteiger partial charge on any atom is -0.481 e. The van der Waals surface area contributed by atoms with Gasteiger partial charge in [0.2, 0.25) is 0 Å². The Kier molecular flexibility index (Phi) is 3.93. The average Bonchev–Trinajstić information content (AvgIpc) is 2.39. The summed E-state index contributed by atoms with van der Waals surface area (Å²) in [6.07, 6.45) is 3.41. The van der Waals surface area contributed by atoms with Crippen LogP contribution in [0.1, 0.15) is 39.5 Å². The fourth-order valence-electron chi connectivity index (χ4n) is 2.03. The summed E-state index contributed by atoms with van der Waals surface area (Å²) in [5.41, 5.74) is 0.465. The van der Waals surface area contributed by atoms with Crippen molar-refractivity contribution in [1.82, 2.24) is 4.90 Å². The van der Waals surface area contributed by atoms with Gasteiger partial charge in [-0.25, -0.2) is 0 Å². The molecule has 0 bridgehead atoms. The first-order valence-electron chi connectivity index (χ1n) is 5.44. The number of aliphatic carboxylic acids is 1. The second-order valence-electron chi connectivity index (χ2n) is 5.04. The van der Waals surface area contributed by atoms with E-state index in [4.69, 9.17) is 5.11 Å². The van der Waals surface area contributed by atoms with Crippen molar-refractivity contribution >= 4 is 5.97 Å². The third kappa shape index (κ3) is 4.09. The Morgan fingerprint density at radius 1 is 1.43 bits per heavy atom. The molecule has 1 fully saturated rings. The molecule has 0 radical (unpaired) electrons. The van der Waals surface area contributed by atoms with Gasteiger partial charge in [0.25, 0.3) is 0 Å². The van der Waals surface area contributed by atoms with Crippen molar-refractivity contribution in [1.29, 1.82) is 0 Å². The number of rotatable bonds is 5. The highest BCUT2D eigenvalue weighted by atomic mass is 16.4. The Morgan fingerprint density at radius 2 is 2.14 bits per heavy atom. The maximum absolute atomic E-state index is 10.3. The summed E-state index contributed by atoms with van der Waals surface area (Å²) >= 11 is 0. The van der Waals surface area contributed by atoms with Gasteiger partial charge >= 0.3 is 5.97 Å². The lowest BCUT2D eigenvalue weighted by molar-refractivity contribution is -0.137. The molecule has 1 aliphatic heterocycles. The molecule has 0 amide bonds. The van der Waals surface area contributed by atoms with Crippen molar-refractivity contribution in [2.24, 2.45) is 5.41 Å². The van der Waals surface area contributed by atoms with Crippen molar-refractivity contribution in [3.8, 4) is 0 Å². The first-order chi connectivity index (χ1) is 6.49. The first kappa shape index (κ1) is 11.5. The van der Waals surface area contributed by atoms with Crippen LogP contribution >= 0.6 is 0 Å². The van der Waals surface area contributed by atoms with Gasteiger partial charge in [0.05, 0.1) is 0 Å². The van der Waals surface area contributed by atoms with Crippen LogP contribution in [-0.4, -0.2) is 35.6 Å². The van der Waals surface area contributed by atoms with Crippen LogP contribution in [0.2, 0.25) is 0 Å². The van der Waals surface area contributed by atoms with E-state index < -0.39 is 5.97 Å². The molecule has 1 heterocycles. The molecule has 0 aliphatic carbocycles. The lowest BCUT2D eigenvalue weighted by atomic mass is 9.93. The summed E-state index contributed by atoms with van der Waals surface area (Å²) < 4.78 is 0. The van der Waals surface area contributed by atoms with E-state index in [1.54, 1.807) is 0 Å². The van der Waals surface area contributed by atoms with E-state index in [9.17, 15) is 4.79 Å². The van der Waals surface area contributed by atoms with E-state index in [-0.39, 0.29) is 0 Å². The highest BCUT2D eigenvalue weighted by Crippen LogP contribution is 2.28. The molecule has 0 spiro atoms. The van der Waals surface area contributed by atoms with Crippen LogP contribution in [0.3, 0.4) is 0 Å². The van der Waals surface area contributed by atoms with Gasteiger partial charge in [-0.3, -0.25) is 4.79 Å². The number of hydrogen-bond donors (Lipinski definition) is 1. The largest absolute Gasteiger partial charge is 0.481 e. The molecule has 1 aliphatic rings. The van der Waals surface area contributed by atoms with E-state index in [2.05, 4.69) is 18.7 Å². The van der Waals surface area contributed by atoms with Crippen molar-refractivity contribution in [2.75, 3.05) is 19.6 Å². The molecule has 0 atom stereocenters. The van der Waals surface area contributed by atoms with Crippen LogP contribution in [-0.2, 0) is 4.79 Å². The molecule has 0 unspecified atom stereocenters. The van der Waals surface area contributed by atoms with Gasteiger partial charge in [0.15, 0.2) is 0 Å². The maximum atomic E-state index is 10.3. The Balaban J connectivity index is 2.06. The van der Waals surface area contributed by atoms with Crippen molar-refractivity contribution in [2.45, 2.75) is 39.5 Å². The fourth-order valence-corrected chi connectivity index (χ4v) is 2.03. The Bertz CT molecular complexity index is 201. The summed E-state index contributed by atoms with van der Waals surface area (Å²) in [5.74, 6) is -0.674. The average molecular weight is 199 g/mol. The van der Waals surface area contributed by atoms with Gasteiger partial charge in [-0.2, -0.15) is 0 Å². The third-order valence-corrected chi connectivity index (χ3v) is 2.87. The Labute approximate surface area is 86.1 Å². The number of unbranched alkanes of at least 4 members (excludes halogenated alkanes) is 1. The quantitative estimate of drug-likeness (QED) is 0.688. The van der Waals surface area contributed by atoms with Gasteiger partial charge in [0, 0.05) is 13.0 Å². The standard InChI is InChI=1S/C11H21NO2/c1-11(2)6-8-12(9-11)7-4-3-5-10(13)14/h3-9H2,1-2H3,(H,13,14). The molecule has 0 aromatic rings. The van der Waals surface area contributed by atoms with E-state index >= 15 is 0 Å². The number of likely N-dealkylation sites (tertiary alicyclic amines) is 1. The van der Waals surface area contributed by atoms with E-state index in [1.165, 1.54) is 19.5 Å². The van der Waals surface area contributed by atoms with Gasteiger partial charge in [-0.1, -0.05) is 13.8 Å². The molecule has 0 saturated carbocycles. The topological polar surface area (TPSA) is 40.5 Å². The molecule has 1 rings (SSSR count). The smallest absolute Gasteiger partial charge is 0.303 e. The van der Waals surface area contributed by atoms with E-state index in [0.717, 1.165) is 19.4 Å². The summed E-state index contributed by atoms with van der Waals surface area (Å²) in [6.45, 7) is 8.01. The lowest BCUT2D eigenvalue weighted by Gasteiger charge is -2.19. The number of carboxylic acids is 1. The Hall–Kier alpha value is -0.570. The van der Waals surface area contributed by atoms with Crippen LogP contribution in [0.25, 0.3) is 0 Å². The highest BCUT2D eigenvalue weighted by molar-refractivity contribution is 5.66. The summed E-state index contributed by atoms with van der Waals surface area (Å²) in [4.78, 5) is 12.7. The summed E-state index contributed by atoms with van der Waals surface area (Å²) in [6, 6.07) is 0.